The number of hydrogen-bond donors (Lipinski definition) is 1. The van der Waals surface area contributed by atoms with E-state index < -0.39 is 0 Å². The number of nitrogen functional groups attached to an aromatic ring is 1. The molecule has 0 unspecified atom stereocenters. The molecular weight excluding hydrogens is 234 g/mol. The molecule has 0 spiro atoms. The molecule has 2 heterocycles. The summed E-state index contributed by atoms with van der Waals surface area (Å²) in [5.74, 6) is 2.75. The van der Waals surface area contributed by atoms with Crippen molar-refractivity contribution in [3.05, 3.63) is 24.4 Å². The second kappa shape index (κ2) is 4.06. The molecule has 18 heavy (non-hydrogen) atoms. The SMILES string of the molecule is COc1cc(-c2nccc(N)n2)cc2c1OCO2. The number of nitrogens with two attached hydrogens (primary N) is 1. The van der Waals surface area contributed by atoms with E-state index in [0.29, 0.717) is 28.9 Å². The van der Waals surface area contributed by atoms with E-state index >= 15 is 0 Å². The Morgan fingerprint density at radius 3 is 3.00 bits per heavy atom. The summed E-state index contributed by atoms with van der Waals surface area (Å²) in [6.45, 7) is 0.187. The fourth-order valence-corrected chi connectivity index (χ4v) is 1.77. The van der Waals surface area contributed by atoms with Crippen LogP contribution in [0.25, 0.3) is 11.4 Å². The number of ether oxygens (including phenoxy) is 3. The molecule has 6 heteroatoms. The van der Waals surface area contributed by atoms with Gasteiger partial charge in [-0.15, -0.1) is 0 Å². The molecule has 92 valence electrons. The lowest BCUT2D eigenvalue weighted by Crippen LogP contribution is -1.95. The smallest absolute Gasteiger partial charge is 0.231 e. The molecule has 0 fully saturated rings. The molecule has 0 aliphatic carbocycles. The highest BCUT2D eigenvalue weighted by atomic mass is 16.7. The molecule has 6 nitrogen and oxygen atoms in total. The summed E-state index contributed by atoms with van der Waals surface area (Å²) in [4.78, 5) is 8.33. The normalized spacial score (nSPS) is 12.5. The molecule has 1 aromatic heterocycles. The van der Waals surface area contributed by atoms with Crippen molar-refractivity contribution in [3.63, 3.8) is 0 Å². The maximum atomic E-state index is 5.64. The van der Waals surface area contributed by atoms with Gasteiger partial charge in [-0.3, -0.25) is 0 Å². The van der Waals surface area contributed by atoms with E-state index in [-0.39, 0.29) is 6.79 Å². The standard InChI is InChI=1S/C12H11N3O3/c1-16-8-4-7(5-9-11(8)18-6-17-9)12-14-3-2-10(13)15-12/h2-5H,6H2,1H3,(H2,13,14,15). The Hall–Kier alpha value is -2.50. The Morgan fingerprint density at radius 2 is 2.22 bits per heavy atom. The zero-order chi connectivity index (χ0) is 12.5. The molecule has 0 saturated heterocycles. The topological polar surface area (TPSA) is 79.5 Å². The van der Waals surface area contributed by atoms with Crippen LogP contribution in [0, 0.1) is 0 Å². The van der Waals surface area contributed by atoms with Gasteiger partial charge in [0.2, 0.25) is 12.5 Å². The van der Waals surface area contributed by atoms with Crippen molar-refractivity contribution >= 4 is 5.82 Å². The highest BCUT2D eigenvalue weighted by Crippen LogP contribution is 2.43. The van der Waals surface area contributed by atoms with Crippen LogP contribution in [0.2, 0.25) is 0 Å². The summed E-state index contributed by atoms with van der Waals surface area (Å²) in [5, 5.41) is 0. The Bertz CT molecular complexity index is 601. The van der Waals surface area contributed by atoms with Gasteiger partial charge in [0.25, 0.3) is 0 Å². The lowest BCUT2D eigenvalue weighted by molar-refractivity contribution is 0.171. The first-order valence-corrected chi connectivity index (χ1v) is 5.34. The highest BCUT2D eigenvalue weighted by molar-refractivity contribution is 5.67. The first-order chi connectivity index (χ1) is 8.78. The van der Waals surface area contributed by atoms with E-state index in [9.17, 15) is 0 Å². The van der Waals surface area contributed by atoms with E-state index in [4.69, 9.17) is 19.9 Å². The minimum atomic E-state index is 0.187. The molecular formula is C12H11N3O3. The van der Waals surface area contributed by atoms with Gasteiger partial charge in [-0.05, 0) is 18.2 Å². The van der Waals surface area contributed by atoms with Gasteiger partial charge in [-0.2, -0.15) is 0 Å². The third kappa shape index (κ3) is 1.67. The summed E-state index contributed by atoms with van der Waals surface area (Å²) in [6.07, 6.45) is 1.61. The first kappa shape index (κ1) is 10.6. The van der Waals surface area contributed by atoms with Crippen molar-refractivity contribution in [2.24, 2.45) is 0 Å². The van der Waals surface area contributed by atoms with Crippen LogP contribution < -0.4 is 19.9 Å². The number of benzene rings is 1. The Balaban J connectivity index is 2.13. The molecule has 2 N–H and O–H groups in total. The van der Waals surface area contributed by atoms with Crippen LogP contribution in [0.5, 0.6) is 17.2 Å². The van der Waals surface area contributed by atoms with Gasteiger partial charge in [0.1, 0.15) is 5.82 Å². The van der Waals surface area contributed by atoms with Crippen molar-refractivity contribution in [2.45, 2.75) is 0 Å². The fourth-order valence-electron chi connectivity index (χ4n) is 1.77. The van der Waals surface area contributed by atoms with Gasteiger partial charge in [-0.25, -0.2) is 9.97 Å². The van der Waals surface area contributed by atoms with Crippen molar-refractivity contribution in [1.29, 1.82) is 0 Å². The third-order valence-electron chi connectivity index (χ3n) is 2.59. The van der Waals surface area contributed by atoms with Gasteiger partial charge >= 0.3 is 0 Å². The fraction of sp³-hybridized carbons (Fsp3) is 0.167. The van der Waals surface area contributed by atoms with E-state index in [1.54, 1.807) is 31.5 Å². The summed E-state index contributed by atoms with van der Waals surface area (Å²) < 4.78 is 15.9. The molecule has 1 aliphatic heterocycles. The summed E-state index contributed by atoms with van der Waals surface area (Å²) in [5.41, 5.74) is 6.41. The molecule has 2 aromatic rings. The van der Waals surface area contributed by atoms with Crippen molar-refractivity contribution < 1.29 is 14.2 Å². The molecule has 0 radical (unpaired) electrons. The third-order valence-corrected chi connectivity index (χ3v) is 2.59. The van der Waals surface area contributed by atoms with E-state index in [1.807, 2.05) is 0 Å². The molecule has 0 saturated carbocycles. The number of hydrogen-bond acceptors (Lipinski definition) is 6. The summed E-state index contributed by atoms with van der Waals surface area (Å²) in [6, 6.07) is 5.23. The summed E-state index contributed by atoms with van der Waals surface area (Å²) >= 11 is 0. The van der Waals surface area contributed by atoms with E-state index in [2.05, 4.69) is 9.97 Å². The average Bonchev–Trinajstić information content (AvgIpc) is 2.85. The zero-order valence-electron chi connectivity index (χ0n) is 9.71. The Kier molecular flexibility index (Phi) is 2.40. The first-order valence-electron chi connectivity index (χ1n) is 5.34. The highest BCUT2D eigenvalue weighted by Gasteiger charge is 2.21. The van der Waals surface area contributed by atoms with Crippen LogP contribution in [-0.4, -0.2) is 23.9 Å². The lowest BCUT2D eigenvalue weighted by atomic mass is 10.1. The van der Waals surface area contributed by atoms with Gasteiger partial charge in [0.05, 0.1) is 7.11 Å². The largest absolute Gasteiger partial charge is 0.493 e. The average molecular weight is 245 g/mol. The molecule has 0 amide bonds. The lowest BCUT2D eigenvalue weighted by Gasteiger charge is -2.07. The van der Waals surface area contributed by atoms with Crippen LogP contribution >= 0.6 is 0 Å². The van der Waals surface area contributed by atoms with Crippen molar-refractivity contribution in [2.75, 3.05) is 19.6 Å². The number of methoxy groups -OCH3 is 1. The van der Waals surface area contributed by atoms with Gasteiger partial charge in [0, 0.05) is 11.8 Å². The number of anilines is 1. The molecule has 3 rings (SSSR count). The second-order valence-corrected chi connectivity index (χ2v) is 3.72. The van der Waals surface area contributed by atoms with E-state index in [0.717, 1.165) is 5.56 Å². The number of rotatable bonds is 2. The summed E-state index contributed by atoms with van der Waals surface area (Å²) in [7, 11) is 1.57. The number of aromatic nitrogens is 2. The van der Waals surface area contributed by atoms with Gasteiger partial charge in [-0.1, -0.05) is 0 Å². The van der Waals surface area contributed by atoms with Crippen LogP contribution in [0.1, 0.15) is 0 Å². The maximum absolute atomic E-state index is 5.64. The van der Waals surface area contributed by atoms with E-state index in [1.165, 1.54) is 0 Å². The second-order valence-electron chi connectivity index (χ2n) is 3.72. The Morgan fingerprint density at radius 1 is 1.33 bits per heavy atom. The number of nitrogens with zero attached hydrogens (tertiary/aromatic N) is 2. The van der Waals surface area contributed by atoms with Gasteiger partial charge < -0.3 is 19.9 Å². The zero-order valence-corrected chi connectivity index (χ0v) is 9.71. The van der Waals surface area contributed by atoms with Crippen molar-refractivity contribution in [3.8, 4) is 28.6 Å². The van der Waals surface area contributed by atoms with Crippen LogP contribution in [0.4, 0.5) is 5.82 Å². The maximum Gasteiger partial charge on any atom is 0.231 e. The van der Waals surface area contributed by atoms with Crippen molar-refractivity contribution in [1.82, 2.24) is 9.97 Å². The molecule has 1 aliphatic rings. The van der Waals surface area contributed by atoms with Crippen LogP contribution in [0.3, 0.4) is 0 Å². The molecule has 0 atom stereocenters. The van der Waals surface area contributed by atoms with Crippen LogP contribution in [-0.2, 0) is 0 Å². The number of fused-ring (bicyclic) bond motifs is 1. The minimum Gasteiger partial charge on any atom is -0.493 e. The van der Waals surface area contributed by atoms with Crippen LogP contribution in [0.15, 0.2) is 24.4 Å². The van der Waals surface area contributed by atoms with Gasteiger partial charge in [0.15, 0.2) is 17.3 Å². The predicted molar refractivity (Wildman–Crippen MR) is 64.6 cm³/mol. The Labute approximate surface area is 103 Å². The predicted octanol–water partition coefficient (Wildman–Crippen LogP) is 1.46. The molecule has 0 bridgehead atoms. The monoisotopic (exact) mass is 245 g/mol. The molecule has 1 aromatic carbocycles. The quantitative estimate of drug-likeness (QED) is 0.862. The minimum absolute atomic E-state index is 0.187.